The van der Waals surface area contributed by atoms with E-state index in [-0.39, 0.29) is 11.2 Å². The van der Waals surface area contributed by atoms with Gasteiger partial charge in [-0.3, -0.25) is 0 Å². The van der Waals surface area contributed by atoms with Crippen molar-refractivity contribution in [1.82, 2.24) is 0 Å². The highest BCUT2D eigenvalue weighted by Gasteiger charge is 2.23. The SMILES string of the molecule is CC(C)(c1ccccc1)c1cccc(Oc2cccc(O)c2)c1. The topological polar surface area (TPSA) is 29.5 Å². The van der Waals surface area contributed by atoms with Gasteiger partial charge in [0.1, 0.15) is 17.2 Å². The van der Waals surface area contributed by atoms with Gasteiger partial charge in [-0.15, -0.1) is 0 Å². The molecule has 0 aliphatic carbocycles. The molecule has 0 atom stereocenters. The Morgan fingerprint density at radius 3 is 2.00 bits per heavy atom. The molecule has 0 unspecified atom stereocenters. The standard InChI is InChI=1S/C21H20O2/c1-21(2,16-8-4-3-5-9-16)17-10-6-12-19(14-17)23-20-13-7-11-18(22)15-20/h3-15,22H,1-2H3. The lowest BCUT2D eigenvalue weighted by atomic mass is 9.78. The minimum atomic E-state index is -0.112. The Labute approximate surface area is 137 Å². The summed E-state index contributed by atoms with van der Waals surface area (Å²) < 4.78 is 5.87. The number of rotatable bonds is 4. The van der Waals surface area contributed by atoms with Gasteiger partial charge in [0, 0.05) is 11.5 Å². The van der Waals surface area contributed by atoms with Crippen LogP contribution in [0, 0.1) is 0 Å². The zero-order chi connectivity index (χ0) is 16.3. The van der Waals surface area contributed by atoms with E-state index >= 15 is 0 Å². The van der Waals surface area contributed by atoms with E-state index in [0.717, 1.165) is 5.75 Å². The molecular weight excluding hydrogens is 284 g/mol. The van der Waals surface area contributed by atoms with Crippen LogP contribution in [0.2, 0.25) is 0 Å². The maximum Gasteiger partial charge on any atom is 0.131 e. The fraction of sp³-hybridized carbons (Fsp3) is 0.143. The Morgan fingerprint density at radius 2 is 1.30 bits per heavy atom. The first-order valence-corrected chi connectivity index (χ1v) is 7.69. The Morgan fingerprint density at radius 1 is 0.696 bits per heavy atom. The minimum absolute atomic E-state index is 0.112. The molecule has 3 aromatic rings. The number of ether oxygens (including phenoxy) is 1. The van der Waals surface area contributed by atoms with Gasteiger partial charge < -0.3 is 9.84 Å². The van der Waals surface area contributed by atoms with Crippen LogP contribution in [-0.4, -0.2) is 5.11 Å². The second-order valence-corrected chi connectivity index (χ2v) is 6.12. The van der Waals surface area contributed by atoms with Crippen molar-refractivity contribution in [3.8, 4) is 17.2 Å². The van der Waals surface area contributed by atoms with Crippen molar-refractivity contribution in [2.24, 2.45) is 0 Å². The van der Waals surface area contributed by atoms with Gasteiger partial charge in [-0.2, -0.15) is 0 Å². The van der Waals surface area contributed by atoms with Gasteiger partial charge in [0.15, 0.2) is 0 Å². The van der Waals surface area contributed by atoms with E-state index in [2.05, 4.69) is 50.2 Å². The maximum absolute atomic E-state index is 9.54. The molecule has 0 fully saturated rings. The van der Waals surface area contributed by atoms with Crippen LogP contribution in [0.3, 0.4) is 0 Å². The first-order valence-electron chi connectivity index (χ1n) is 7.69. The van der Waals surface area contributed by atoms with Crippen LogP contribution in [0.1, 0.15) is 25.0 Å². The second kappa shape index (κ2) is 6.17. The van der Waals surface area contributed by atoms with Gasteiger partial charge in [-0.05, 0) is 35.4 Å². The van der Waals surface area contributed by atoms with Crippen LogP contribution in [0.25, 0.3) is 0 Å². The fourth-order valence-corrected chi connectivity index (χ4v) is 2.65. The number of benzene rings is 3. The predicted octanol–water partition coefficient (Wildman–Crippen LogP) is 5.51. The van der Waals surface area contributed by atoms with Crippen molar-refractivity contribution in [1.29, 1.82) is 0 Å². The van der Waals surface area contributed by atoms with Crippen molar-refractivity contribution in [2.75, 3.05) is 0 Å². The highest BCUT2D eigenvalue weighted by molar-refractivity contribution is 5.43. The van der Waals surface area contributed by atoms with E-state index < -0.39 is 0 Å². The summed E-state index contributed by atoms with van der Waals surface area (Å²) in [7, 11) is 0. The van der Waals surface area contributed by atoms with Crippen LogP contribution in [0.15, 0.2) is 78.9 Å². The molecular formula is C21H20O2. The molecule has 0 spiro atoms. The maximum atomic E-state index is 9.54. The number of hydrogen-bond donors (Lipinski definition) is 1. The molecule has 23 heavy (non-hydrogen) atoms. The summed E-state index contributed by atoms with van der Waals surface area (Å²) in [4.78, 5) is 0. The predicted molar refractivity (Wildman–Crippen MR) is 93.2 cm³/mol. The summed E-state index contributed by atoms with van der Waals surface area (Å²) in [6, 6.07) is 25.3. The molecule has 116 valence electrons. The minimum Gasteiger partial charge on any atom is -0.508 e. The lowest BCUT2D eigenvalue weighted by Crippen LogP contribution is -2.18. The largest absolute Gasteiger partial charge is 0.508 e. The van der Waals surface area contributed by atoms with Gasteiger partial charge in [0.05, 0.1) is 0 Å². The zero-order valence-corrected chi connectivity index (χ0v) is 13.4. The summed E-state index contributed by atoms with van der Waals surface area (Å²) in [6.45, 7) is 4.41. The van der Waals surface area contributed by atoms with Crippen molar-refractivity contribution in [3.05, 3.63) is 90.0 Å². The van der Waals surface area contributed by atoms with E-state index in [9.17, 15) is 5.11 Å². The second-order valence-electron chi connectivity index (χ2n) is 6.12. The molecule has 3 aromatic carbocycles. The molecule has 0 aromatic heterocycles. The summed E-state index contributed by atoms with van der Waals surface area (Å²) >= 11 is 0. The number of hydrogen-bond acceptors (Lipinski definition) is 2. The Balaban J connectivity index is 1.91. The molecule has 3 rings (SSSR count). The Hall–Kier alpha value is -2.74. The third-order valence-electron chi connectivity index (χ3n) is 4.10. The Bertz CT molecular complexity index is 792. The van der Waals surface area contributed by atoms with Gasteiger partial charge in [0.25, 0.3) is 0 Å². The van der Waals surface area contributed by atoms with E-state index in [0.29, 0.717) is 5.75 Å². The third kappa shape index (κ3) is 3.37. The molecule has 0 heterocycles. The van der Waals surface area contributed by atoms with Crippen LogP contribution in [-0.2, 0) is 5.41 Å². The lowest BCUT2D eigenvalue weighted by Gasteiger charge is -2.26. The third-order valence-corrected chi connectivity index (χ3v) is 4.10. The number of aromatic hydroxyl groups is 1. The van der Waals surface area contributed by atoms with Crippen molar-refractivity contribution >= 4 is 0 Å². The monoisotopic (exact) mass is 304 g/mol. The summed E-state index contributed by atoms with van der Waals surface area (Å²) in [5, 5.41) is 9.54. The van der Waals surface area contributed by atoms with E-state index in [1.54, 1.807) is 18.2 Å². The summed E-state index contributed by atoms with van der Waals surface area (Å²) in [6.07, 6.45) is 0. The van der Waals surface area contributed by atoms with E-state index in [1.165, 1.54) is 11.1 Å². The fourth-order valence-electron chi connectivity index (χ4n) is 2.65. The van der Waals surface area contributed by atoms with Crippen molar-refractivity contribution in [2.45, 2.75) is 19.3 Å². The average molecular weight is 304 g/mol. The normalized spacial score (nSPS) is 11.2. The first kappa shape index (κ1) is 15.2. The van der Waals surface area contributed by atoms with Crippen LogP contribution >= 0.6 is 0 Å². The number of phenolic OH excluding ortho intramolecular Hbond substituents is 1. The van der Waals surface area contributed by atoms with Crippen LogP contribution in [0.5, 0.6) is 17.2 Å². The van der Waals surface area contributed by atoms with Crippen molar-refractivity contribution < 1.29 is 9.84 Å². The van der Waals surface area contributed by atoms with Gasteiger partial charge >= 0.3 is 0 Å². The molecule has 0 radical (unpaired) electrons. The quantitative estimate of drug-likeness (QED) is 0.688. The first-order chi connectivity index (χ1) is 11.1. The van der Waals surface area contributed by atoms with Crippen molar-refractivity contribution in [3.63, 3.8) is 0 Å². The van der Waals surface area contributed by atoms with E-state index in [1.807, 2.05) is 24.3 Å². The van der Waals surface area contributed by atoms with E-state index in [4.69, 9.17) is 4.74 Å². The Kier molecular flexibility index (Phi) is 4.07. The highest BCUT2D eigenvalue weighted by Crippen LogP contribution is 2.34. The smallest absolute Gasteiger partial charge is 0.131 e. The molecule has 0 saturated carbocycles. The van der Waals surface area contributed by atoms with Gasteiger partial charge in [-0.25, -0.2) is 0 Å². The molecule has 0 aliphatic heterocycles. The van der Waals surface area contributed by atoms with Crippen LogP contribution in [0.4, 0.5) is 0 Å². The lowest BCUT2D eigenvalue weighted by molar-refractivity contribution is 0.454. The zero-order valence-electron chi connectivity index (χ0n) is 13.4. The molecule has 0 amide bonds. The summed E-state index contributed by atoms with van der Waals surface area (Å²) in [5.74, 6) is 1.58. The van der Waals surface area contributed by atoms with Crippen LogP contribution < -0.4 is 4.74 Å². The summed E-state index contributed by atoms with van der Waals surface area (Å²) in [5.41, 5.74) is 2.33. The molecule has 2 nitrogen and oxygen atoms in total. The molecule has 2 heteroatoms. The van der Waals surface area contributed by atoms with Gasteiger partial charge in [-0.1, -0.05) is 62.4 Å². The molecule has 0 bridgehead atoms. The number of phenols is 1. The highest BCUT2D eigenvalue weighted by atomic mass is 16.5. The molecule has 0 aliphatic rings. The molecule has 1 N–H and O–H groups in total. The molecule has 0 saturated heterocycles. The average Bonchev–Trinajstić information content (AvgIpc) is 2.56. The van der Waals surface area contributed by atoms with Gasteiger partial charge in [0.2, 0.25) is 0 Å².